The highest BCUT2D eigenvalue weighted by molar-refractivity contribution is 6.06. The third kappa shape index (κ3) is 2.54. The first kappa shape index (κ1) is 14.2. The third-order valence-electron chi connectivity index (χ3n) is 3.52. The van der Waals surface area contributed by atoms with E-state index in [1.165, 1.54) is 4.90 Å². The molecule has 1 aromatic heterocycles. The second-order valence-electron chi connectivity index (χ2n) is 5.36. The summed E-state index contributed by atoms with van der Waals surface area (Å²) >= 11 is 0. The largest absolute Gasteiger partial charge is 0.319 e. The highest BCUT2D eigenvalue weighted by Gasteiger charge is 2.43. The van der Waals surface area contributed by atoms with Crippen molar-refractivity contribution < 1.29 is 14.4 Å². The molecule has 0 bridgehead atoms. The molecule has 0 unspecified atom stereocenters. The molecule has 1 aliphatic rings. The van der Waals surface area contributed by atoms with Crippen molar-refractivity contribution in [2.45, 2.75) is 32.7 Å². The van der Waals surface area contributed by atoms with Gasteiger partial charge in [-0.1, -0.05) is 6.07 Å². The van der Waals surface area contributed by atoms with E-state index >= 15 is 0 Å². The average molecular weight is 275 g/mol. The summed E-state index contributed by atoms with van der Waals surface area (Å²) in [5, 5.41) is 2.24. The van der Waals surface area contributed by atoms with Gasteiger partial charge in [0, 0.05) is 6.20 Å². The number of nitrogens with one attached hydrogen (secondary N) is 1. The van der Waals surface area contributed by atoms with E-state index in [1.807, 2.05) is 13.0 Å². The van der Waals surface area contributed by atoms with Crippen molar-refractivity contribution in [1.82, 2.24) is 15.2 Å². The summed E-state index contributed by atoms with van der Waals surface area (Å²) in [7, 11) is 0. The molecule has 0 radical (unpaired) electrons. The van der Waals surface area contributed by atoms with E-state index in [9.17, 15) is 14.4 Å². The fourth-order valence-corrected chi connectivity index (χ4v) is 2.12. The van der Waals surface area contributed by atoms with Crippen LogP contribution in [0.3, 0.4) is 0 Å². The molecule has 106 valence electrons. The molecule has 20 heavy (non-hydrogen) atoms. The number of pyridine rings is 1. The maximum Gasteiger partial charge on any atom is 0.252 e. The SMILES string of the molecule is Cc1cccnc1CC(=O)N1CC(=O)NC(=O)C1(C)C. The Labute approximate surface area is 117 Å². The average Bonchev–Trinajstić information content (AvgIpc) is 2.37. The Kier molecular flexibility index (Phi) is 3.57. The Morgan fingerprint density at radius 3 is 2.80 bits per heavy atom. The van der Waals surface area contributed by atoms with Crippen LogP contribution in [-0.4, -0.2) is 39.7 Å². The summed E-state index contributed by atoms with van der Waals surface area (Å²) in [5.74, 6) is -1.19. The zero-order valence-electron chi connectivity index (χ0n) is 11.8. The summed E-state index contributed by atoms with van der Waals surface area (Å²) < 4.78 is 0. The second-order valence-corrected chi connectivity index (χ2v) is 5.36. The molecule has 1 N–H and O–H groups in total. The number of imide groups is 1. The molecule has 1 saturated heterocycles. The molecule has 0 atom stereocenters. The highest BCUT2D eigenvalue weighted by Crippen LogP contribution is 2.19. The molecule has 0 spiro atoms. The van der Waals surface area contributed by atoms with E-state index in [1.54, 1.807) is 26.1 Å². The van der Waals surface area contributed by atoms with Gasteiger partial charge in [-0.3, -0.25) is 24.7 Å². The Morgan fingerprint density at radius 2 is 2.15 bits per heavy atom. The van der Waals surface area contributed by atoms with Crippen LogP contribution in [0, 0.1) is 6.92 Å². The van der Waals surface area contributed by atoms with Crippen LogP contribution in [0.2, 0.25) is 0 Å². The number of nitrogens with zero attached hydrogens (tertiary/aromatic N) is 2. The van der Waals surface area contributed by atoms with E-state index in [0.717, 1.165) is 5.56 Å². The van der Waals surface area contributed by atoms with Crippen molar-refractivity contribution in [3.63, 3.8) is 0 Å². The quantitative estimate of drug-likeness (QED) is 0.782. The normalized spacial score (nSPS) is 17.9. The summed E-state index contributed by atoms with van der Waals surface area (Å²) in [5.41, 5.74) is 0.534. The molecular weight excluding hydrogens is 258 g/mol. The molecule has 6 heteroatoms. The van der Waals surface area contributed by atoms with E-state index in [-0.39, 0.29) is 18.9 Å². The maximum atomic E-state index is 12.4. The van der Waals surface area contributed by atoms with Gasteiger partial charge in [-0.25, -0.2) is 0 Å². The lowest BCUT2D eigenvalue weighted by atomic mass is 9.97. The predicted molar refractivity (Wildman–Crippen MR) is 71.6 cm³/mol. The summed E-state index contributed by atoms with van der Waals surface area (Å²) in [4.78, 5) is 41.1. The Bertz CT molecular complexity index is 581. The van der Waals surface area contributed by atoms with Gasteiger partial charge < -0.3 is 4.90 Å². The van der Waals surface area contributed by atoms with Gasteiger partial charge in [0.15, 0.2) is 0 Å². The lowest BCUT2D eigenvalue weighted by Crippen LogP contribution is -2.65. The van der Waals surface area contributed by atoms with E-state index in [2.05, 4.69) is 10.3 Å². The molecule has 2 rings (SSSR count). The van der Waals surface area contributed by atoms with Gasteiger partial charge in [0.25, 0.3) is 5.91 Å². The standard InChI is InChI=1S/C14H17N3O3/c1-9-5-4-6-15-10(9)7-12(19)17-8-11(18)16-13(20)14(17,2)3/h4-6H,7-8H2,1-3H3,(H,16,18,20). The molecule has 0 saturated carbocycles. The smallest absolute Gasteiger partial charge is 0.252 e. The van der Waals surface area contributed by atoms with Gasteiger partial charge in [0.1, 0.15) is 12.1 Å². The van der Waals surface area contributed by atoms with Crippen LogP contribution in [0.15, 0.2) is 18.3 Å². The van der Waals surface area contributed by atoms with E-state index in [0.29, 0.717) is 5.69 Å². The minimum absolute atomic E-state index is 0.0800. The molecular formula is C14H17N3O3. The van der Waals surface area contributed by atoms with Crippen LogP contribution in [0.25, 0.3) is 0 Å². The molecule has 0 aromatic carbocycles. The second kappa shape index (κ2) is 5.03. The first-order valence-corrected chi connectivity index (χ1v) is 6.37. The van der Waals surface area contributed by atoms with Crippen LogP contribution in [0.1, 0.15) is 25.1 Å². The zero-order valence-corrected chi connectivity index (χ0v) is 11.8. The van der Waals surface area contributed by atoms with Gasteiger partial charge >= 0.3 is 0 Å². The number of hydrogen-bond acceptors (Lipinski definition) is 4. The zero-order chi connectivity index (χ0) is 14.9. The Hall–Kier alpha value is -2.24. The molecule has 3 amide bonds. The number of piperazine rings is 1. The number of hydrogen-bond donors (Lipinski definition) is 1. The van der Waals surface area contributed by atoms with Crippen LogP contribution < -0.4 is 5.32 Å². The van der Waals surface area contributed by atoms with Crippen molar-refractivity contribution >= 4 is 17.7 Å². The minimum atomic E-state index is -1.03. The fourth-order valence-electron chi connectivity index (χ4n) is 2.12. The van der Waals surface area contributed by atoms with Crippen LogP contribution in [0.4, 0.5) is 0 Å². The van der Waals surface area contributed by atoms with E-state index < -0.39 is 17.4 Å². The van der Waals surface area contributed by atoms with Gasteiger partial charge in [-0.15, -0.1) is 0 Å². The molecule has 2 heterocycles. The van der Waals surface area contributed by atoms with Crippen molar-refractivity contribution in [2.24, 2.45) is 0 Å². The van der Waals surface area contributed by atoms with Crippen LogP contribution in [0.5, 0.6) is 0 Å². The first-order valence-electron chi connectivity index (χ1n) is 6.37. The minimum Gasteiger partial charge on any atom is -0.319 e. The number of carbonyl (C=O) groups excluding carboxylic acids is 3. The summed E-state index contributed by atoms with van der Waals surface area (Å²) in [6, 6.07) is 3.67. The summed E-state index contributed by atoms with van der Waals surface area (Å²) in [6.07, 6.45) is 1.70. The molecule has 1 aliphatic heterocycles. The molecule has 0 aliphatic carbocycles. The lowest BCUT2D eigenvalue weighted by Gasteiger charge is -2.40. The Morgan fingerprint density at radius 1 is 1.45 bits per heavy atom. The van der Waals surface area contributed by atoms with Crippen molar-refractivity contribution in [1.29, 1.82) is 0 Å². The third-order valence-corrected chi connectivity index (χ3v) is 3.52. The fraction of sp³-hybridized carbons (Fsp3) is 0.429. The summed E-state index contributed by atoms with van der Waals surface area (Å²) in [6.45, 7) is 5.01. The van der Waals surface area contributed by atoms with Crippen LogP contribution >= 0.6 is 0 Å². The van der Waals surface area contributed by atoms with Gasteiger partial charge in [-0.2, -0.15) is 0 Å². The topological polar surface area (TPSA) is 79.4 Å². The first-order chi connectivity index (χ1) is 9.32. The molecule has 1 aromatic rings. The van der Waals surface area contributed by atoms with Crippen LogP contribution in [-0.2, 0) is 20.8 Å². The van der Waals surface area contributed by atoms with Crippen molar-refractivity contribution in [3.8, 4) is 0 Å². The number of amides is 3. The number of aryl methyl sites for hydroxylation is 1. The van der Waals surface area contributed by atoms with Crippen molar-refractivity contribution in [3.05, 3.63) is 29.6 Å². The molecule has 1 fully saturated rings. The number of rotatable bonds is 2. The van der Waals surface area contributed by atoms with Gasteiger partial charge in [0.2, 0.25) is 11.8 Å². The van der Waals surface area contributed by atoms with Gasteiger partial charge in [-0.05, 0) is 32.4 Å². The number of aromatic nitrogens is 1. The molecule has 6 nitrogen and oxygen atoms in total. The number of carbonyl (C=O) groups is 3. The lowest BCUT2D eigenvalue weighted by molar-refractivity contribution is -0.155. The predicted octanol–water partition coefficient (Wildman–Crippen LogP) is 0.196. The van der Waals surface area contributed by atoms with Gasteiger partial charge in [0.05, 0.1) is 12.1 Å². The monoisotopic (exact) mass is 275 g/mol. The maximum absolute atomic E-state index is 12.4. The Balaban J connectivity index is 2.22. The van der Waals surface area contributed by atoms with Crippen molar-refractivity contribution in [2.75, 3.05) is 6.54 Å². The highest BCUT2D eigenvalue weighted by atomic mass is 16.2. The van der Waals surface area contributed by atoms with E-state index in [4.69, 9.17) is 0 Å².